The molecule has 2 atom stereocenters. The molecule has 1 N–H and O–H groups in total. The SMILES string of the molecule is O=C(Cc1ccccc1)SC1CC(=O)N1C(O)C(=O)OCc1ccc([N+](=O)[O-])cc1. The molecule has 1 fully saturated rings. The third-order valence-electron chi connectivity index (χ3n) is 4.41. The van der Waals surface area contributed by atoms with E-state index in [0.717, 1.165) is 22.2 Å². The second kappa shape index (κ2) is 9.51. The fourth-order valence-electron chi connectivity index (χ4n) is 2.81. The zero-order valence-corrected chi connectivity index (χ0v) is 16.5. The van der Waals surface area contributed by atoms with Crippen molar-refractivity contribution < 1.29 is 29.2 Å². The maximum absolute atomic E-state index is 12.2. The second-order valence-corrected chi connectivity index (χ2v) is 7.75. The van der Waals surface area contributed by atoms with E-state index in [-0.39, 0.29) is 30.3 Å². The number of carbonyl (C=O) groups excluding carboxylic acids is 3. The molecule has 1 heterocycles. The first-order valence-electron chi connectivity index (χ1n) is 8.98. The zero-order chi connectivity index (χ0) is 21.7. The maximum atomic E-state index is 12.2. The van der Waals surface area contributed by atoms with Crippen LogP contribution in [0.3, 0.4) is 0 Å². The van der Waals surface area contributed by atoms with Crippen LogP contribution in [0.15, 0.2) is 54.6 Å². The molecule has 10 heteroatoms. The summed E-state index contributed by atoms with van der Waals surface area (Å²) in [5.74, 6) is -1.50. The van der Waals surface area contributed by atoms with Crippen LogP contribution in [0.2, 0.25) is 0 Å². The average molecular weight is 430 g/mol. The van der Waals surface area contributed by atoms with Gasteiger partial charge in [0.15, 0.2) is 5.12 Å². The average Bonchev–Trinajstić information content (AvgIpc) is 2.72. The number of ether oxygens (including phenoxy) is 1. The minimum Gasteiger partial charge on any atom is -0.457 e. The number of rotatable bonds is 8. The lowest BCUT2D eigenvalue weighted by atomic mass is 10.2. The van der Waals surface area contributed by atoms with E-state index in [1.54, 1.807) is 0 Å². The monoisotopic (exact) mass is 430 g/mol. The van der Waals surface area contributed by atoms with Crippen LogP contribution in [0.5, 0.6) is 0 Å². The van der Waals surface area contributed by atoms with Crippen molar-refractivity contribution in [1.82, 2.24) is 4.90 Å². The van der Waals surface area contributed by atoms with Crippen molar-refractivity contribution in [2.45, 2.75) is 31.1 Å². The van der Waals surface area contributed by atoms with Gasteiger partial charge < -0.3 is 9.84 Å². The maximum Gasteiger partial charge on any atom is 0.356 e. The van der Waals surface area contributed by atoms with E-state index in [9.17, 15) is 29.6 Å². The van der Waals surface area contributed by atoms with Gasteiger partial charge in [0.2, 0.25) is 12.1 Å². The Labute approximate surface area is 175 Å². The highest BCUT2D eigenvalue weighted by atomic mass is 32.2. The Bertz CT molecular complexity index is 949. The molecule has 0 aliphatic carbocycles. The van der Waals surface area contributed by atoms with Crippen LogP contribution in [0, 0.1) is 10.1 Å². The summed E-state index contributed by atoms with van der Waals surface area (Å²) in [6.45, 7) is -0.222. The smallest absolute Gasteiger partial charge is 0.356 e. The van der Waals surface area contributed by atoms with E-state index in [0.29, 0.717) is 5.56 Å². The lowest BCUT2D eigenvalue weighted by Crippen LogP contribution is -2.59. The van der Waals surface area contributed by atoms with Gasteiger partial charge in [-0.25, -0.2) is 4.79 Å². The van der Waals surface area contributed by atoms with E-state index in [2.05, 4.69) is 0 Å². The lowest BCUT2D eigenvalue weighted by Gasteiger charge is -2.41. The summed E-state index contributed by atoms with van der Waals surface area (Å²) < 4.78 is 5.00. The number of aliphatic hydroxyl groups excluding tert-OH is 1. The molecule has 2 unspecified atom stereocenters. The number of likely N-dealkylation sites (tertiary alicyclic amines) is 1. The number of non-ortho nitro benzene ring substituents is 1. The highest BCUT2D eigenvalue weighted by Gasteiger charge is 2.45. The molecule has 156 valence electrons. The van der Waals surface area contributed by atoms with Crippen molar-refractivity contribution in [2.24, 2.45) is 0 Å². The number of aliphatic hydroxyl groups is 1. The highest BCUT2D eigenvalue weighted by molar-refractivity contribution is 8.14. The summed E-state index contributed by atoms with van der Waals surface area (Å²) in [6.07, 6.45) is -1.62. The molecule has 1 saturated heterocycles. The first-order chi connectivity index (χ1) is 14.3. The van der Waals surface area contributed by atoms with Crippen molar-refractivity contribution in [1.29, 1.82) is 0 Å². The number of amides is 1. The number of nitrogens with zero attached hydrogens (tertiary/aromatic N) is 2. The summed E-state index contributed by atoms with van der Waals surface area (Å²) in [6, 6.07) is 14.5. The van der Waals surface area contributed by atoms with Gasteiger partial charge in [-0.1, -0.05) is 42.1 Å². The number of thioether (sulfide) groups is 1. The summed E-state index contributed by atoms with van der Waals surface area (Å²) in [4.78, 5) is 47.2. The molecule has 0 spiro atoms. The minimum atomic E-state index is -1.83. The molecule has 9 nitrogen and oxygen atoms in total. The molecule has 0 radical (unpaired) electrons. The van der Waals surface area contributed by atoms with Crippen LogP contribution in [0.1, 0.15) is 17.5 Å². The van der Waals surface area contributed by atoms with Crippen molar-refractivity contribution >= 4 is 34.4 Å². The molecule has 30 heavy (non-hydrogen) atoms. The molecule has 3 rings (SSSR count). The number of carbonyl (C=O) groups is 3. The van der Waals surface area contributed by atoms with E-state index in [1.165, 1.54) is 24.3 Å². The predicted molar refractivity (Wildman–Crippen MR) is 107 cm³/mol. The molecule has 0 bridgehead atoms. The van der Waals surface area contributed by atoms with Crippen LogP contribution in [-0.4, -0.2) is 43.5 Å². The van der Waals surface area contributed by atoms with Gasteiger partial charge in [0.05, 0.1) is 16.7 Å². The molecule has 1 aliphatic heterocycles. The van der Waals surface area contributed by atoms with Gasteiger partial charge in [0.25, 0.3) is 5.69 Å². The fourth-order valence-corrected chi connectivity index (χ4v) is 3.93. The minimum absolute atomic E-state index is 0.0396. The molecule has 1 amide bonds. The highest BCUT2D eigenvalue weighted by Crippen LogP contribution is 2.32. The number of hydrogen-bond donors (Lipinski definition) is 1. The Hall–Kier alpha value is -3.24. The first kappa shape index (κ1) is 21.5. The summed E-state index contributed by atoms with van der Waals surface area (Å²) in [7, 11) is 0. The van der Waals surface area contributed by atoms with Gasteiger partial charge in [-0.3, -0.25) is 24.6 Å². The number of β-lactam (4-membered cyclic amide) rings is 1. The molecule has 1 aliphatic rings. The van der Waals surface area contributed by atoms with Crippen molar-refractivity contribution in [3.05, 3.63) is 75.8 Å². The van der Waals surface area contributed by atoms with Crippen molar-refractivity contribution in [3.8, 4) is 0 Å². The van der Waals surface area contributed by atoms with Crippen LogP contribution in [0.25, 0.3) is 0 Å². The first-order valence-corrected chi connectivity index (χ1v) is 9.85. The third kappa shape index (κ3) is 5.22. The molecule has 0 aromatic heterocycles. The van der Waals surface area contributed by atoms with Crippen LogP contribution in [-0.2, 0) is 32.1 Å². The summed E-state index contributed by atoms with van der Waals surface area (Å²) >= 11 is 0.892. The van der Waals surface area contributed by atoms with Crippen molar-refractivity contribution in [2.75, 3.05) is 0 Å². The number of hydrogen-bond acceptors (Lipinski definition) is 8. The van der Waals surface area contributed by atoms with Crippen LogP contribution >= 0.6 is 11.8 Å². The van der Waals surface area contributed by atoms with E-state index in [1.807, 2.05) is 30.3 Å². The number of nitro benzene ring substituents is 1. The third-order valence-corrected chi connectivity index (χ3v) is 5.48. The Morgan fingerprint density at radius 1 is 1.17 bits per heavy atom. The fraction of sp³-hybridized carbons (Fsp3) is 0.250. The topological polar surface area (TPSA) is 127 Å². The molecule has 2 aromatic carbocycles. The standard InChI is InChI=1S/C20H18N2O7S/c23-16-11-17(30-18(24)10-13-4-2-1-3-5-13)21(16)19(25)20(26)29-12-14-6-8-15(9-7-14)22(27)28/h1-9,17,19,25H,10-12H2. The largest absolute Gasteiger partial charge is 0.457 e. The van der Waals surface area contributed by atoms with E-state index in [4.69, 9.17) is 4.74 Å². The van der Waals surface area contributed by atoms with Gasteiger partial charge in [-0.15, -0.1) is 0 Å². The van der Waals surface area contributed by atoms with E-state index >= 15 is 0 Å². The van der Waals surface area contributed by atoms with Gasteiger partial charge in [-0.05, 0) is 23.3 Å². The summed E-state index contributed by atoms with van der Waals surface area (Å²) in [5, 5.41) is 20.0. The van der Waals surface area contributed by atoms with Crippen LogP contribution in [0.4, 0.5) is 5.69 Å². The quantitative estimate of drug-likeness (QED) is 0.292. The van der Waals surface area contributed by atoms with E-state index < -0.39 is 28.4 Å². The molecule has 0 saturated carbocycles. The van der Waals surface area contributed by atoms with Crippen LogP contribution < -0.4 is 0 Å². The zero-order valence-electron chi connectivity index (χ0n) is 15.7. The van der Waals surface area contributed by atoms with Gasteiger partial charge in [-0.2, -0.15) is 0 Å². The number of nitro groups is 1. The number of benzene rings is 2. The molecule has 2 aromatic rings. The molecular weight excluding hydrogens is 412 g/mol. The predicted octanol–water partition coefficient (Wildman–Crippen LogP) is 2.02. The van der Waals surface area contributed by atoms with Gasteiger partial charge in [0.1, 0.15) is 6.61 Å². The lowest BCUT2D eigenvalue weighted by molar-refractivity contribution is -0.384. The Kier molecular flexibility index (Phi) is 6.80. The Balaban J connectivity index is 1.51. The summed E-state index contributed by atoms with van der Waals surface area (Å²) in [5.41, 5.74) is 1.21. The normalized spacial score (nSPS) is 16.5. The van der Waals surface area contributed by atoms with Gasteiger partial charge in [0, 0.05) is 18.6 Å². The van der Waals surface area contributed by atoms with Crippen molar-refractivity contribution in [3.63, 3.8) is 0 Å². The molecular formula is C20H18N2O7S. The second-order valence-electron chi connectivity index (χ2n) is 6.52. The number of esters is 1. The Morgan fingerprint density at radius 3 is 2.43 bits per heavy atom. The van der Waals surface area contributed by atoms with Gasteiger partial charge >= 0.3 is 5.97 Å². The Morgan fingerprint density at radius 2 is 1.83 bits per heavy atom.